The smallest absolute Gasteiger partial charge is 0.326 e. The largest absolute Gasteiger partial charge is 0.465 e. The number of nitrogens with zero attached hydrogens (tertiary/aromatic N) is 1. The first-order valence-electron chi connectivity index (χ1n) is 8.44. The van der Waals surface area contributed by atoms with E-state index in [4.69, 9.17) is 9.47 Å². The van der Waals surface area contributed by atoms with Crippen LogP contribution in [0.5, 0.6) is 0 Å². The molecule has 1 heterocycles. The Balaban J connectivity index is 2.33. The van der Waals surface area contributed by atoms with E-state index >= 15 is 0 Å². The van der Waals surface area contributed by atoms with Crippen molar-refractivity contribution in [2.45, 2.75) is 32.4 Å². The number of rotatable bonds is 6. The molecule has 6 heteroatoms. The molecule has 25 heavy (non-hydrogen) atoms. The van der Waals surface area contributed by atoms with Crippen molar-refractivity contribution in [1.29, 1.82) is 0 Å². The zero-order chi connectivity index (χ0) is 18.4. The van der Waals surface area contributed by atoms with Gasteiger partial charge in [-0.15, -0.1) is 0 Å². The molecule has 136 valence electrons. The van der Waals surface area contributed by atoms with E-state index in [1.54, 1.807) is 25.7 Å². The number of esters is 2. The van der Waals surface area contributed by atoms with Crippen LogP contribution in [0.4, 0.5) is 0 Å². The summed E-state index contributed by atoms with van der Waals surface area (Å²) in [5, 5.41) is 11.0. The van der Waals surface area contributed by atoms with E-state index in [1.807, 2.05) is 36.4 Å². The van der Waals surface area contributed by atoms with Crippen molar-refractivity contribution in [3.05, 3.63) is 41.5 Å². The fourth-order valence-electron chi connectivity index (χ4n) is 3.06. The van der Waals surface area contributed by atoms with Crippen LogP contribution in [0.1, 0.15) is 26.3 Å². The number of carbonyl (C=O) groups excluding carboxylic acids is 2. The number of benzene rings is 1. The average Bonchev–Trinajstić information content (AvgIpc) is 2.79. The number of likely N-dealkylation sites (tertiary alicyclic amines) is 1. The molecule has 1 saturated heterocycles. The van der Waals surface area contributed by atoms with Crippen molar-refractivity contribution in [2.24, 2.45) is 0 Å². The van der Waals surface area contributed by atoms with E-state index < -0.39 is 23.6 Å². The highest BCUT2D eigenvalue weighted by Crippen LogP contribution is 2.35. The lowest BCUT2D eigenvalue weighted by molar-refractivity contribution is -0.156. The van der Waals surface area contributed by atoms with E-state index in [-0.39, 0.29) is 26.3 Å². The van der Waals surface area contributed by atoms with E-state index in [0.29, 0.717) is 5.57 Å². The molecule has 2 atom stereocenters. The zero-order valence-electron chi connectivity index (χ0n) is 14.9. The lowest BCUT2D eigenvalue weighted by Crippen LogP contribution is -2.50. The Hall–Kier alpha value is -2.18. The topological polar surface area (TPSA) is 76.1 Å². The fourth-order valence-corrected chi connectivity index (χ4v) is 3.06. The van der Waals surface area contributed by atoms with Gasteiger partial charge in [-0.05, 0) is 31.9 Å². The van der Waals surface area contributed by atoms with E-state index in [9.17, 15) is 14.7 Å². The number of ether oxygens (including phenoxy) is 2. The van der Waals surface area contributed by atoms with Crippen LogP contribution < -0.4 is 0 Å². The fraction of sp³-hybridized carbons (Fsp3) is 0.474. The van der Waals surface area contributed by atoms with Gasteiger partial charge in [-0.1, -0.05) is 36.4 Å². The van der Waals surface area contributed by atoms with Crippen LogP contribution >= 0.6 is 0 Å². The Morgan fingerprint density at radius 3 is 2.48 bits per heavy atom. The molecule has 1 N–H and O–H groups in total. The molecule has 0 amide bonds. The Kier molecular flexibility index (Phi) is 6.33. The Morgan fingerprint density at radius 1 is 1.24 bits per heavy atom. The van der Waals surface area contributed by atoms with E-state index in [0.717, 1.165) is 5.56 Å². The predicted octanol–water partition coefficient (Wildman–Crippen LogP) is 1.63. The first-order chi connectivity index (χ1) is 11.9. The highest BCUT2D eigenvalue weighted by atomic mass is 16.5. The maximum Gasteiger partial charge on any atom is 0.326 e. The predicted molar refractivity (Wildman–Crippen MR) is 93.7 cm³/mol. The van der Waals surface area contributed by atoms with Crippen LogP contribution in [-0.4, -0.2) is 59.9 Å². The molecule has 0 bridgehead atoms. The zero-order valence-corrected chi connectivity index (χ0v) is 14.9. The van der Waals surface area contributed by atoms with Crippen LogP contribution in [0.2, 0.25) is 0 Å². The summed E-state index contributed by atoms with van der Waals surface area (Å²) in [7, 11) is 0. The molecular formula is C19H25NO5. The normalized spacial score (nSPS) is 25.1. The van der Waals surface area contributed by atoms with Crippen LogP contribution in [0.25, 0.3) is 6.08 Å². The third-order valence-corrected chi connectivity index (χ3v) is 4.21. The minimum absolute atomic E-state index is 0.0837. The summed E-state index contributed by atoms with van der Waals surface area (Å²) in [5.41, 5.74) is 0.133. The van der Waals surface area contributed by atoms with Crippen molar-refractivity contribution in [3.8, 4) is 0 Å². The van der Waals surface area contributed by atoms with Gasteiger partial charge in [0.25, 0.3) is 0 Å². The van der Waals surface area contributed by atoms with Gasteiger partial charge < -0.3 is 14.6 Å². The molecule has 2 unspecified atom stereocenters. The Morgan fingerprint density at radius 2 is 1.88 bits per heavy atom. The highest BCUT2D eigenvalue weighted by Gasteiger charge is 2.51. The second-order valence-corrected chi connectivity index (χ2v) is 6.09. The Labute approximate surface area is 148 Å². The quantitative estimate of drug-likeness (QED) is 0.789. The SMILES string of the molecule is CCOC(=O)CN1C/C(=C\c2ccccc2)C(C)(O)C1C(=O)OCC. The molecule has 0 aromatic heterocycles. The standard InChI is InChI=1S/C19H25NO5/c1-4-24-16(21)13-20-12-15(11-14-9-7-6-8-10-14)19(3,23)17(20)18(22)25-5-2/h6-11,17,23H,4-5,12-13H2,1-3H3/b15-11+. The molecule has 0 radical (unpaired) electrons. The molecule has 1 aromatic carbocycles. The summed E-state index contributed by atoms with van der Waals surface area (Å²) in [6.45, 7) is 5.67. The summed E-state index contributed by atoms with van der Waals surface area (Å²) in [6.07, 6.45) is 1.84. The van der Waals surface area contributed by atoms with Crippen LogP contribution in [0.3, 0.4) is 0 Å². The van der Waals surface area contributed by atoms with Crippen molar-refractivity contribution < 1.29 is 24.2 Å². The van der Waals surface area contributed by atoms with Gasteiger partial charge in [0.1, 0.15) is 11.6 Å². The molecule has 0 aliphatic carbocycles. The lowest BCUT2D eigenvalue weighted by atomic mass is 9.91. The molecule has 0 saturated carbocycles. The van der Waals surface area contributed by atoms with Gasteiger partial charge in [-0.3, -0.25) is 14.5 Å². The van der Waals surface area contributed by atoms with Crippen molar-refractivity contribution in [2.75, 3.05) is 26.3 Å². The number of carbonyl (C=O) groups is 2. The molecule has 0 spiro atoms. The number of aliphatic hydroxyl groups is 1. The molecule has 2 rings (SSSR count). The van der Waals surface area contributed by atoms with Gasteiger partial charge in [0.05, 0.1) is 19.8 Å². The van der Waals surface area contributed by atoms with Crippen LogP contribution in [0.15, 0.2) is 35.9 Å². The Bertz CT molecular complexity index is 638. The van der Waals surface area contributed by atoms with Crippen molar-refractivity contribution in [1.82, 2.24) is 4.90 Å². The number of hydrogen-bond donors (Lipinski definition) is 1. The van der Waals surface area contributed by atoms with Crippen molar-refractivity contribution in [3.63, 3.8) is 0 Å². The van der Waals surface area contributed by atoms with Crippen molar-refractivity contribution >= 4 is 18.0 Å². The van der Waals surface area contributed by atoms with E-state index in [1.165, 1.54) is 0 Å². The summed E-state index contributed by atoms with van der Waals surface area (Å²) in [4.78, 5) is 25.9. The van der Waals surface area contributed by atoms with Gasteiger partial charge in [0, 0.05) is 6.54 Å². The van der Waals surface area contributed by atoms with Gasteiger partial charge in [0.2, 0.25) is 0 Å². The summed E-state index contributed by atoms with van der Waals surface area (Å²) < 4.78 is 10.1. The second-order valence-electron chi connectivity index (χ2n) is 6.09. The minimum atomic E-state index is -1.44. The first-order valence-corrected chi connectivity index (χ1v) is 8.44. The monoisotopic (exact) mass is 347 g/mol. The molecular weight excluding hydrogens is 322 g/mol. The van der Waals surface area contributed by atoms with Crippen LogP contribution in [-0.2, 0) is 19.1 Å². The van der Waals surface area contributed by atoms with Gasteiger partial charge in [-0.25, -0.2) is 0 Å². The maximum absolute atomic E-state index is 12.4. The molecule has 1 aliphatic heterocycles. The maximum atomic E-state index is 12.4. The second kappa shape index (κ2) is 8.27. The lowest BCUT2D eigenvalue weighted by Gasteiger charge is -2.29. The summed E-state index contributed by atoms with van der Waals surface area (Å²) in [6, 6.07) is 8.58. The number of hydrogen-bond acceptors (Lipinski definition) is 6. The van der Waals surface area contributed by atoms with Gasteiger partial charge in [0.15, 0.2) is 0 Å². The van der Waals surface area contributed by atoms with Crippen LogP contribution in [0, 0.1) is 0 Å². The van der Waals surface area contributed by atoms with Gasteiger partial charge in [-0.2, -0.15) is 0 Å². The molecule has 6 nitrogen and oxygen atoms in total. The summed E-state index contributed by atoms with van der Waals surface area (Å²) in [5.74, 6) is -0.984. The van der Waals surface area contributed by atoms with Gasteiger partial charge >= 0.3 is 11.9 Å². The van der Waals surface area contributed by atoms with E-state index in [2.05, 4.69) is 0 Å². The third-order valence-electron chi connectivity index (χ3n) is 4.21. The molecule has 1 aliphatic rings. The third kappa shape index (κ3) is 4.46. The average molecular weight is 347 g/mol. The molecule has 1 aromatic rings. The highest BCUT2D eigenvalue weighted by molar-refractivity contribution is 5.82. The summed E-state index contributed by atoms with van der Waals surface area (Å²) >= 11 is 0. The first kappa shape index (κ1) is 19.1. The minimum Gasteiger partial charge on any atom is -0.465 e. The molecule has 1 fully saturated rings.